The van der Waals surface area contributed by atoms with E-state index in [9.17, 15) is 13.8 Å². The van der Waals surface area contributed by atoms with Crippen LogP contribution in [0.4, 0.5) is 0 Å². The van der Waals surface area contributed by atoms with Crippen molar-refractivity contribution >= 4 is 22.7 Å². The quantitative estimate of drug-likeness (QED) is 0.505. The number of rotatable bonds is 8. The Morgan fingerprint density at radius 3 is 2.41 bits per heavy atom. The lowest BCUT2D eigenvalue weighted by atomic mass is 10.2. The van der Waals surface area contributed by atoms with Gasteiger partial charge in [0.25, 0.3) is 0 Å². The van der Waals surface area contributed by atoms with Crippen molar-refractivity contribution in [1.29, 1.82) is 0 Å². The number of carboxylic acids is 1. The molecule has 0 rings (SSSR count). The Balaban J connectivity index is 3.87. The third-order valence-corrected chi connectivity index (χ3v) is 3.69. The molecule has 0 heterocycles. The van der Waals surface area contributed by atoms with Crippen LogP contribution in [-0.2, 0) is 20.4 Å². The van der Waals surface area contributed by atoms with E-state index < -0.39 is 22.8 Å². The molecular weight excluding hydrogens is 244 g/mol. The van der Waals surface area contributed by atoms with Crippen LogP contribution in [-0.4, -0.2) is 51.8 Å². The molecule has 6 nitrogen and oxygen atoms in total. The zero-order valence-electron chi connectivity index (χ0n) is 10.4. The molecule has 3 atom stereocenters. The first-order chi connectivity index (χ1) is 7.84. The summed E-state index contributed by atoms with van der Waals surface area (Å²) in [6.45, 7) is 3.89. The van der Waals surface area contributed by atoms with Crippen molar-refractivity contribution in [3.63, 3.8) is 0 Å². The molecule has 0 radical (unpaired) electrons. The first-order valence-corrected chi connectivity index (χ1v) is 6.99. The van der Waals surface area contributed by atoms with E-state index in [1.54, 1.807) is 6.26 Å². The molecule has 0 aliphatic carbocycles. The van der Waals surface area contributed by atoms with E-state index in [1.807, 2.05) is 6.92 Å². The number of hydrogen-bond donors (Lipinski definition) is 3. The second-order valence-corrected chi connectivity index (χ2v) is 5.70. The van der Waals surface area contributed by atoms with Gasteiger partial charge < -0.3 is 15.7 Å². The van der Waals surface area contributed by atoms with Crippen LogP contribution in [0.5, 0.6) is 0 Å². The molecular formula is C10H20N2O4S. The number of hydrogen-bond acceptors (Lipinski definition) is 4. The summed E-state index contributed by atoms with van der Waals surface area (Å²) in [6.07, 6.45) is 2.34. The van der Waals surface area contributed by atoms with Crippen LogP contribution in [0.1, 0.15) is 20.3 Å². The molecule has 3 unspecified atom stereocenters. The molecule has 0 saturated carbocycles. The van der Waals surface area contributed by atoms with Gasteiger partial charge in [-0.25, -0.2) is 4.79 Å². The molecule has 7 heteroatoms. The second kappa shape index (κ2) is 8.19. The lowest BCUT2D eigenvalue weighted by molar-refractivity contribution is -0.141. The third kappa shape index (κ3) is 7.87. The van der Waals surface area contributed by atoms with Gasteiger partial charge in [-0.1, -0.05) is 6.92 Å². The second-order valence-electron chi connectivity index (χ2n) is 3.89. The fraction of sp³-hybridized carbons (Fsp3) is 0.800. The van der Waals surface area contributed by atoms with Crippen molar-refractivity contribution in [1.82, 2.24) is 10.6 Å². The van der Waals surface area contributed by atoms with E-state index >= 15 is 0 Å². The summed E-state index contributed by atoms with van der Waals surface area (Å²) in [6, 6.07) is -0.921. The summed E-state index contributed by atoms with van der Waals surface area (Å²) in [5.41, 5.74) is 0. The summed E-state index contributed by atoms with van der Waals surface area (Å²) in [5.74, 6) is -1.44. The van der Waals surface area contributed by atoms with E-state index in [2.05, 4.69) is 10.6 Å². The number of carbonyl (C=O) groups excluding carboxylic acids is 1. The Morgan fingerprint density at radius 1 is 1.41 bits per heavy atom. The molecule has 100 valence electrons. The van der Waals surface area contributed by atoms with Crippen molar-refractivity contribution in [2.75, 3.05) is 19.3 Å². The molecule has 0 aliphatic rings. The van der Waals surface area contributed by atoms with E-state index in [0.29, 0.717) is 13.0 Å². The Labute approximate surface area is 104 Å². The van der Waals surface area contributed by atoms with E-state index in [1.165, 1.54) is 6.92 Å². The summed E-state index contributed by atoms with van der Waals surface area (Å²) < 4.78 is 11.1. The van der Waals surface area contributed by atoms with Gasteiger partial charge in [0.1, 0.15) is 6.04 Å². The van der Waals surface area contributed by atoms with Gasteiger partial charge in [-0.05, 0) is 13.0 Å². The van der Waals surface area contributed by atoms with E-state index in [4.69, 9.17) is 5.11 Å². The predicted molar refractivity (Wildman–Crippen MR) is 66.3 cm³/mol. The zero-order chi connectivity index (χ0) is 13.4. The van der Waals surface area contributed by atoms with Gasteiger partial charge in [-0.15, -0.1) is 0 Å². The normalized spacial score (nSPS) is 15.9. The SMILES string of the molecule is CC(=O)NC(CNCCC(C)S(C)=O)C(=O)O. The van der Waals surface area contributed by atoms with Crippen LogP contribution in [0, 0.1) is 0 Å². The van der Waals surface area contributed by atoms with Crippen molar-refractivity contribution in [3.8, 4) is 0 Å². The maximum Gasteiger partial charge on any atom is 0.327 e. The first kappa shape index (κ1) is 16.1. The van der Waals surface area contributed by atoms with Gasteiger partial charge in [0.05, 0.1) is 0 Å². The van der Waals surface area contributed by atoms with Crippen LogP contribution in [0.2, 0.25) is 0 Å². The highest BCUT2D eigenvalue weighted by Crippen LogP contribution is 1.97. The van der Waals surface area contributed by atoms with Gasteiger partial charge in [-0.2, -0.15) is 0 Å². The fourth-order valence-electron chi connectivity index (χ4n) is 1.16. The molecule has 0 aromatic rings. The minimum atomic E-state index is -1.07. The Hall–Kier alpha value is -0.950. The number of nitrogens with one attached hydrogen (secondary N) is 2. The maximum absolute atomic E-state index is 11.1. The summed E-state index contributed by atoms with van der Waals surface area (Å²) in [4.78, 5) is 21.5. The van der Waals surface area contributed by atoms with Gasteiger partial charge >= 0.3 is 5.97 Å². The average molecular weight is 264 g/mol. The minimum absolute atomic E-state index is 0.0755. The van der Waals surface area contributed by atoms with Crippen molar-refractivity contribution in [3.05, 3.63) is 0 Å². The molecule has 0 aliphatic heterocycles. The van der Waals surface area contributed by atoms with Crippen molar-refractivity contribution in [2.45, 2.75) is 31.6 Å². The molecule has 0 fully saturated rings. The number of aliphatic carboxylic acids is 1. The Morgan fingerprint density at radius 2 is 2.00 bits per heavy atom. The number of amides is 1. The lowest BCUT2D eigenvalue weighted by Gasteiger charge is -2.15. The van der Waals surface area contributed by atoms with E-state index in [-0.39, 0.29) is 17.7 Å². The molecule has 0 aromatic heterocycles. The molecule has 3 N–H and O–H groups in total. The van der Waals surface area contributed by atoms with Crippen molar-refractivity contribution < 1.29 is 18.9 Å². The zero-order valence-corrected chi connectivity index (χ0v) is 11.2. The highest BCUT2D eigenvalue weighted by atomic mass is 32.2. The first-order valence-electron chi connectivity index (χ1n) is 5.37. The smallest absolute Gasteiger partial charge is 0.327 e. The highest BCUT2D eigenvalue weighted by molar-refractivity contribution is 7.84. The standard InChI is InChI=1S/C10H20N2O4S/c1-7(17(3)16)4-5-11-6-9(10(14)15)12-8(2)13/h7,9,11H,4-6H2,1-3H3,(H,12,13)(H,14,15). The van der Waals surface area contributed by atoms with Crippen LogP contribution in [0.3, 0.4) is 0 Å². The predicted octanol–water partition coefficient (Wildman–Crippen LogP) is -0.678. The summed E-state index contributed by atoms with van der Waals surface area (Å²) in [7, 11) is -0.868. The van der Waals surface area contributed by atoms with Crippen LogP contribution in [0.15, 0.2) is 0 Å². The number of carboxylic acid groups (broad SMARTS) is 1. The maximum atomic E-state index is 11.1. The van der Waals surface area contributed by atoms with Crippen LogP contribution < -0.4 is 10.6 Å². The molecule has 17 heavy (non-hydrogen) atoms. The fourth-order valence-corrected chi connectivity index (χ4v) is 1.61. The van der Waals surface area contributed by atoms with Crippen molar-refractivity contribution in [2.24, 2.45) is 0 Å². The summed E-state index contributed by atoms with van der Waals surface area (Å²) in [5, 5.41) is 14.1. The van der Waals surface area contributed by atoms with Gasteiger partial charge in [0.2, 0.25) is 5.91 Å². The van der Waals surface area contributed by atoms with Gasteiger partial charge in [0.15, 0.2) is 0 Å². The van der Waals surface area contributed by atoms with Crippen LogP contribution >= 0.6 is 0 Å². The molecule has 0 bridgehead atoms. The lowest BCUT2D eigenvalue weighted by Crippen LogP contribution is -2.46. The minimum Gasteiger partial charge on any atom is -0.480 e. The average Bonchev–Trinajstić information content (AvgIpc) is 2.21. The van der Waals surface area contributed by atoms with Gasteiger partial charge in [0, 0.05) is 35.8 Å². The molecule has 0 saturated heterocycles. The highest BCUT2D eigenvalue weighted by Gasteiger charge is 2.17. The monoisotopic (exact) mass is 264 g/mol. The van der Waals surface area contributed by atoms with E-state index in [0.717, 1.165) is 0 Å². The molecule has 0 aromatic carbocycles. The van der Waals surface area contributed by atoms with Gasteiger partial charge in [-0.3, -0.25) is 9.00 Å². The number of carbonyl (C=O) groups is 2. The molecule has 0 spiro atoms. The topological polar surface area (TPSA) is 95.5 Å². The Kier molecular flexibility index (Phi) is 7.73. The largest absolute Gasteiger partial charge is 0.480 e. The molecule has 1 amide bonds. The third-order valence-electron chi connectivity index (χ3n) is 2.32. The van der Waals surface area contributed by atoms with Crippen LogP contribution in [0.25, 0.3) is 0 Å². The Bertz CT molecular complexity index is 296. The summed E-state index contributed by atoms with van der Waals surface area (Å²) >= 11 is 0.